The monoisotopic (exact) mass is 268 g/mol. The van der Waals surface area contributed by atoms with Crippen LogP contribution in [0.15, 0.2) is 24.3 Å². The summed E-state index contributed by atoms with van der Waals surface area (Å²) in [5, 5.41) is 6.43. The number of carbonyl (C=O) groups is 1. The van der Waals surface area contributed by atoms with Gasteiger partial charge in [-0.15, -0.1) is 0 Å². The third-order valence-electron chi connectivity index (χ3n) is 3.02. The van der Waals surface area contributed by atoms with Gasteiger partial charge >= 0.3 is 6.09 Å². The molecule has 5 heteroatoms. The van der Waals surface area contributed by atoms with Gasteiger partial charge in [-0.1, -0.05) is 23.7 Å². The molecule has 4 nitrogen and oxygen atoms in total. The highest BCUT2D eigenvalue weighted by Crippen LogP contribution is 2.20. The normalized spacial score (nSPS) is 16.3. The van der Waals surface area contributed by atoms with E-state index in [1.807, 2.05) is 12.1 Å². The van der Waals surface area contributed by atoms with Gasteiger partial charge in [0.1, 0.15) is 0 Å². The number of para-hydroxylation sites is 1. The van der Waals surface area contributed by atoms with E-state index in [0.717, 1.165) is 25.9 Å². The number of carbonyl (C=O) groups excluding carboxylic acids is 1. The van der Waals surface area contributed by atoms with Gasteiger partial charge in [0, 0.05) is 0 Å². The Labute approximate surface area is 112 Å². The van der Waals surface area contributed by atoms with Gasteiger partial charge in [0.15, 0.2) is 0 Å². The van der Waals surface area contributed by atoms with Gasteiger partial charge < -0.3 is 10.1 Å². The summed E-state index contributed by atoms with van der Waals surface area (Å²) < 4.78 is 5.20. The van der Waals surface area contributed by atoms with Crippen molar-refractivity contribution in [1.29, 1.82) is 0 Å². The van der Waals surface area contributed by atoms with E-state index < -0.39 is 6.09 Å². The van der Waals surface area contributed by atoms with Crippen LogP contribution in [0.25, 0.3) is 0 Å². The number of ether oxygens (including phenoxy) is 1. The lowest BCUT2D eigenvalue weighted by Gasteiger charge is -2.22. The molecule has 0 atom stereocenters. The van der Waals surface area contributed by atoms with E-state index in [1.54, 1.807) is 12.1 Å². The fraction of sp³-hybridized carbons (Fsp3) is 0.462. The van der Waals surface area contributed by atoms with Crippen LogP contribution >= 0.6 is 11.6 Å². The average molecular weight is 269 g/mol. The van der Waals surface area contributed by atoms with E-state index in [1.165, 1.54) is 0 Å². The number of benzene rings is 1. The van der Waals surface area contributed by atoms with Crippen LogP contribution in [0.1, 0.15) is 12.8 Å². The van der Waals surface area contributed by atoms with Crippen LogP contribution in [-0.4, -0.2) is 25.8 Å². The lowest BCUT2D eigenvalue weighted by atomic mass is 9.99. The van der Waals surface area contributed by atoms with Crippen molar-refractivity contribution in [2.45, 2.75) is 12.8 Å². The highest BCUT2D eigenvalue weighted by molar-refractivity contribution is 6.33. The molecule has 0 unspecified atom stereocenters. The second-order valence-corrected chi connectivity index (χ2v) is 4.80. The van der Waals surface area contributed by atoms with Crippen molar-refractivity contribution in [3.8, 4) is 0 Å². The number of piperidine rings is 1. The number of halogens is 1. The Morgan fingerprint density at radius 2 is 2.11 bits per heavy atom. The van der Waals surface area contributed by atoms with Gasteiger partial charge in [-0.25, -0.2) is 4.79 Å². The Balaban J connectivity index is 1.76. The second kappa shape index (κ2) is 6.61. The summed E-state index contributed by atoms with van der Waals surface area (Å²) in [6, 6.07) is 7.10. The molecule has 1 saturated heterocycles. The van der Waals surface area contributed by atoms with Gasteiger partial charge in [-0.05, 0) is 44.0 Å². The maximum atomic E-state index is 11.6. The molecular weight excluding hydrogens is 252 g/mol. The number of hydrogen-bond acceptors (Lipinski definition) is 3. The van der Waals surface area contributed by atoms with Crippen LogP contribution in [0.2, 0.25) is 5.02 Å². The summed E-state index contributed by atoms with van der Waals surface area (Å²) in [5.74, 6) is 0.461. The fourth-order valence-electron chi connectivity index (χ4n) is 1.95. The molecule has 0 aliphatic carbocycles. The van der Waals surface area contributed by atoms with Crippen molar-refractivity contribution in [3.63, 3.8) is 0 Å². The first-order chi connectivity index (χ1) is 8.75. The summed E-state index contributed by atoms with van der Waals surface area (Å²) in [5.41, 5.74) is 0.578. The van der Waals surface area contributed by atoms with E-state index in [2.05, 4.69) is 10.6 Å². The molecule has 98 valence electrons. The molecule has 0 bridgehead atoms. The minimum absolute atomic E-state index is 0.443. The van der Waals surface area contributed by atoms with Gasteiger partial charge in [0.25, 0.3) is 0 Å². The Kier molecular flexibility index (Phi) is 4.84. The Morgan fingerprint density at radius 3 is 2.83 bits per heavy atom. The molecule has 0 aromatic heterocycles. The van der Waals surface area contributed by atoms with E-state index in [0.29, 0.717) is 23.2 Å². The topological polar surface area (TPSA) is 50.4 Å². The van der Waals surface area contributed by atoms with E-state index in [-0.39, 0.29) is 0 Å². The number of anilines is 1. The fourth-order valence-corrected chi connectivity index (χ4v) is 2.13. The molecule has 0 spiro atoms. The molecule has 2 rings (SSSR count). The molecule has 1 aromatic carbocycles. The lowest BCUT2D eigenvalue weighted by Crippen LogP contribution is -2.31. The second-order valence-electron chi connectivity index (χ2n) is 4.40. The Bertz CT molecular complexity index is 406. The van der Waals surface area contributed by atoms with Crippen molar-refractivity contribution in [1.82, 2.24) is 5.32 Å². The van der Waals surface area contributed by atoms with Crippen LogP contribution in [-0.2, 0) is 4.74 Å². The van der Waals surface area contributed by atoms with Crippen LogP contribution in [0.3, 0.4) is 0 Å². The zero-order valence-electron chi connectivity index (χ0n) is 10.1. The van der Waals surface area contributed by atoms with Crippen LogP contribution in [0.5, 0.6) is 0 Å². The first kappa shape index (κ1) is 13.2. The molecule has 1 aliphatic heterocycles. The molecule has 0 radical (unpaired) electrons. The number of hydrogen-bond donors (Lipinski definition) is 2. The first-order valence-electron chi connectivity index (χ1n) is 6.15. The van der Waals surface area contributed by atoms with Crippen molar-refractivity contribution in [2.24, 2.45) is 5.92 Å². The van der Waals surface area contributed by atoms with Gasteiger partial charge in [0.2, 0.25) is 0 Å². The number of nitrogens with one attached hydrogen (secondary N) is 2. The van der Waals surface area contributed by atoms with Crippen LogP contribution in [0.4, 0.5) is 10.5 Å². The minimum Gasteiger partial charge on any atom is -0.449 e. The van der Waals surface area contributed by atoms with E-state index in [4.69, 9.17) is 16.3 Å². The van der Waals surface area contributed by atoms with Crippen molar-refractivity contribution < 1.29 is 9.53 Å². The lowest BCUT2D eigenvalue weighted by molar-refractivity contribution is 0.131. The smallest absolute Gasteiger partial charge is 0.411 e. The SMILES string of the molecule is O=C(Nc1ccccc1Cl)OCC1CCNCC1. The summed E-state index contributed by atoms with van der Waals surface area (Å²) in [4.78, 5) is 11.6. The summed E-state index contributed by atoms with van der Waals surface area (Å²) in [7, 11) is 0. The number of amides is 1. The maximum Gasteiger partial charge on any atom is 0.411 e. The maximum absolute atomic E-state index is 11.6. The van der Waals surface area contributed by atoms with Crippen molar-refractivity contribution in [2.75, 3.05) is 25.0 Å². The largest absolute Gasteiger partial charge is 0.449 e. The summed E-state index contributed by atoms with van der Waals surface area (Å²) in [6.45, 7) is 2.47. The zero-order chi connectivity index (χ0) is 12.8. The molecular formula is C13H17ClN2O2. The standard InChI is InChI=1S/C13H17ClN2O2/c14-11-3-1-2-4-12(11)16-13(17)18-9-10-5-7-15-8-6-10/h1-4,10,15H,5-9H2,(H,16,17). The molecule has 1 aliphatic rings. The van der Waals surface area contributed by atoms with Gasteiger partial charge in [-0.3, -0.25) is 5.32 Å². The molecule has 2 N–H and O–H groups in total. The Morgan fingerprint density at radius 1 is 1.39 bits per heavy atom. The highest BCUT2D eigenvalue weighted by atomic mass is 35.5. The number of rotatable bonds is 3. The van der Waals surface area contributed by atoms with Gasteiger partial charge in [0.05, 0.1) is 17.3 Å². The predicted octanol–water partition coefficient (Wildman–Crippen LogP) is 2.89. The molecule has 1 amide bonds. The molecule has 0 saturated carbocycles. The summed E-state index contributed by atoms with van der Waals surface area (Å²) >= 11 is 5.94. The molecule has 18 heavy (non-hydrogen) atoms. The average Bonchev–Trinajstić information content (AvgIpc) is 2.40. The minimum atomic E-state index is -0.443. The van der Waals surface area contributed by atoms with Crippen LogP contribution in [0, 0.1) is 5.92 Å². The van der Waals surface area contributed by atoms with Gasteiger partial charge in [-0.2, -0.15) is 0 Å². The third-order valence-corrected chi connectivity index (χ3v) is 3.35. The highest BCUT2D eigenvalue weighted by Gasteiger charge is 2.15. The molecule has 1 heterocycles. The first-order valence-corrected chi connectivity index (χ1v) is 6.52. The van der Waals surface area contributed by atoms with E-state index >= 15 is 0 Å². The van der Waals surface area contributed by atoms with Crippen molar-refractivity contribution in [3.05, 3.63) is 29.3 Å². The molecule has 1 aromatic rings. The zero-order valence-corrected chi connectivity index (χ0v) is 10.9. The third kappa shape index (κ3) is 3.89. The molecule has 1 fully saturated rings. The Hall–Kier alpha value is -1.26. The summed E-state index contributed by atoms with van der Waals surface area (Å²) in [6.07, 6.45) is 1.67. The van der Waals surface area contributed by atoms with Crippen molar-refractivity contribution >= 4 is 23.4 Å². The predicted molar refractivity (Wildman–Crippen MR) is 72.0 cm³/mol. The van der Waals surface area contributed by atoms with E-state index in [9.17, 15) is 4.79 Å². The van der Waals surface area contributed by atoms with Crippen LogP contribution < -0.4 is 10.6 Å². The quantitative estimate of drug-likeness (QED) is 0.886.